The van der Waals surface area contributed by atoms with E-state index in [1.165, 1.54) is 17.8 Å². The first-order chi connectivity index (χ1) is 15.0. The van der Waals surface area contributed by atoms with Crippen LogP contribution >= 0.6 is 11.8 Å². The third-order valence-electron chi connectivity index (χ3n) is 4.35. The van der Waals surface area contributed by atoms with Crippen LogP contribution < -0.4 is 10.6 Å². The molecule has 2 N–H and O–H groups in total. The van der Waals surface area contributed by atoms with Gasteiger partial charge in [-0.15, -0.1) is 18.3 Å². The number of nitrogens with one attached hydrogen (secondary N) is 2. The molecule has 160 valence electrons. The summed E-state index contributed by atoms with van der Waals surface area (Å²) in [6.07, 6.45) is 1.77. The molecule has 0 spiro atoms. The number of urea groups is 1. The van der Waals surface area contributed by atoms with Gasteiger partial charge in [-0.2, -0.15) is 0 Å². The van der Waals surface area contributed by atoms with E-state index in [0.29, 0.717) is 17.0 Å². The number of para-hydroxylation sites is 1. The highest BCUT2D eigenvalue weighted by Crippen LogP contribution is 2.26. The van der Waals surface area contributed by atoms with E-state index in [9.17, 15) is 19.2 Å². The summed E-state index contributed by atoms with van der Waals surface area (Å²) in [5.41, 5.74) is 1.25. The Kier molecular flexibility index (Phi) is 7.45. The number of amides is 4. The Morgan fingerprint density at radius 2 is 1.90 bits per heavy atom. The van der Waals surface area contributed by atoms with Crippen molar-refractivity contribution in [1.29, 1.82) is 0 Å². The van der Waals surface area contributed by atoms with E-state index in [2.05, 4.69) is 17.2 Å². The summed E-state index contributed by atoms with van der Waals surface area (Å²) < 4.78 is 5.16. The lowest BCUT2D eigenvalue weighted by atomic mass is 10.1. The summed E-state index contributed by atoms with van der Waals surface area (Å²) in [5, 5.41) is 5.16. The van der Waals surface area contributed by atoms with Crippen molar-refractivity contribution in [2.24, 2.45) is 0 Å². The molecule has 1 aliphatic rings. The summed E-state index contributed by atoms with van der Waals surface area (Å²) in [5.74, 6) is -0.879. The lowest BCUT2D eigenvalue weighted by Crippen LogP contribution is -2.31. The van der Waals surface area contributed by atoms with Gasteiger partial charge in [-0.1, -0.05) is 36.4 Å². The number of imide groups is 1. The van der Waals surface area contributed by atoms with Gasteiger partial charge in [0.25, 0.3) is 5.91 Å². The van der Waals surface area contributed by atoms with Crippen LogP contribution in [0.5, 0.6) is 0 Å². The molecule has 0 aliphatic carbocycles. The number of hydrogen-bond acceptors (Lipinski definition) is 6. The predicted molar refractivity (Wildman–Crippen MR) is 117 cm³/mol. The number of anilines is 1. The Labute approximate surface area is 183 Å². The predicted octanol–water partition coefficient (Wildman–Crippen LogP) is 2.81. The van der Waals surface area contributed by atoms with Gasteiger partial charge in [0, 0.05) is 10.6 Å². The van der Waals surface area contributed by atoms with Gasteiger partial charge in [0.2, 0.25) is 5.91 Å². The van der Waals surface area contributed by atoms with Crippen molar-refractivity contribution in [1.82, 2.24) is 10.2 Å². The quantitative estimate of drug-likeness (QED) is 0.269. The van der Waals surface area contributed by atoms with E-state index in [0.717, 1.165) is 9.80 Å². The summed E-state index contributed by atoms with van der Waals surface area (Å²) in [6, 6.07) is 13.3. The summed E-state index contributed by atoms with van der Waals surface area (Å²) >= 11 is 1.52. The molecule has 0 aromatic heterocycles. The zero-order valence-electron chi connectivity index (χ0n) is 16.6. The summed E-state index contributed by atoms with van der Waals surface area (Å²) in [6.45, 7) is 3.08. The molecule has 3 rings (SSSR count). The lowest BCUT2D eigenvalue weighted by Gasteiger charge is -2.15. The second-order valence-electron chi connectivity index (χ2n) is 6.52. The molecule has 0 saturated carbocycles. The average Bonchev–Trinajstić information content (AvgIpc) is 3.09. The molecule has 8 nitrogen and oxygen atoms in total. The second kappa shape index (κ2) is 10.4. The molecule has 1 aliphatic heterocycles. The Bertz CT molecular complexity index is 1010. The van der Waals surface area contributed by atoms with E-state index < -0.39 is 24.5 Å². The van der Waals surface area contributed by atoms with Gasteiger partial charge >= 0.3 is 12.0 Å². The second-order valence-corrected chi connectivity index (χ2v) is 7.58. The van der Waals surface area contributed by atoms with Gasteiger partial charge in [0.05, 0.1) is 24.3 Å². The highest BCUT2D eigenvalue weighted by molar-refractivity contribution is 7.99. The first kappa shape index (κ1) is 22.1. The van der Waals surface area contributed by atoms with Crippen LogP contribution in [0.2, 0.25) is 0 Å². The standard InChI is InChI=1S/C22H21N3O5S/c1-2-11-31-18-10-6-5-9-17(18)24-19(26)14-30-21(28)16-8-4-3-7-15(16)13-25-20(27)12-23-22(25)29/h2-10H,1,11-14H2,(H,23,29)(H,24,26). The fourth-order valence-electron chi connectivity index (χ4n) is 2.88. The number of rotatable bonds is 9. The van der Waals surface area contributed by atoms with Crippen molar-refractivity contribution in [3.05, 3.63) is 72.3 Å². The lowest BCUT2D eigenvalue weighted by molar-refractivity contribution is -0.125. The molecule has 2 aromatic rings. The zero-order valence-corrected chi connectivity index (χ0v) is 17.4. The molecule has 1 fully saturated rings. The molecule has 1 saturated heterocycles. The van der Waals surface area contributed by atoms with Crippen LogP contribution in [-0.2, 0) is 20.9 Å². The number of esters is 1. The third kappa shape index (κ3) is 5.73. The maximum atomic E-state index is 12.5. The smallest absolute Gasteiger partial charge is 0.338 e. The zero-order chi connectivity index (χ0) is 22.2. The summed E-state index contributed by atoms with van der Waals surface area (Å²) in [7, 11) is 0. The normalized spacial score (nSPS) is 13.0. The van der Waals surface area contributed by atoms with Gasteiger partial charge in [-0.3, -0.25) is 14.5 Å². The number of carbonyl (C=O) groups excluding carboxylic acids is 4. The van der Waals surface area contributed by atoms with Gasteiger partial charge in [-0.25, -0.2) is 9.59 Å². The van der Waals surface area contributed by atoms with Gasteiger partial charge in [0.1, 0.15) is 0 Å². The Morgan fingerprint density at radius 1 is 1.16 bits per heavy atom. The van der Waals surface area contributed by atoms with Crippen molar-refractivity contribution in [3.8, 4) is 0 Å². The molecule has 0 atom stereocenters. The maximum absolute atomic E-state index is 12.5. The van der Waals surface area contributed by atoms with Gasteiger partial charge < -0.3 is 15.4 Å². The first-order valence-electron chi connectivity index (χ1n) is 9.45. The van der Waals surface area contributed by atoms with Crippen LogP contribution in [0.4, 0.5) is 10.5 Å². The maximum Gasteiger partial charge on any atom is 0.338 e. The molecular weight excluding hydrogens is 418 g/mol. The van der Waals surface area contributed by atoms with Crippen LogP contribution in [0.15, 0.2) is 66.1 Å². The van der Waals surface area contributed by atoms with Crippen LogP contribution in [0, 0.1) is 0 Å². The number of carbonyl (C=O) groups is 4. The number of ether oxygens (including phenoxy) is 1. The van der Waals surface area contributed by atoms with Gasteiger partial charge in [0.15, 0.2) is 6.61 Å². The van der Waals surface area contributed by atoms with Crippen LogP contribution in [-0.4, -0.2) is 47.6 Å². The van der Waals surface area contributed by atoms with E-state index in [1.54, 1.807) is 36.4 Å². The van der Waals surface area contributed by atoms with Crippen molar-refractivity contribution >= 4 is 41.3 Å². The highest BCUT2D eigenvalue weighted by Gasteiger charge is 2.29. The Balaban J connectivity index is 1.61. The molecule has 0 unspecified atom stereocenters. The fourth-order valence-corrected chi connectivity index (χ4v) is 3.63. The minimum Gasteiger partial charge on any atom is -0.452 e. The first-order valence-corrected chi connectivity index (χ1v) is 10.4. The highest BCUT2D eigenvalue weighted by atomic mass is 32.2. The minimum absolute atomic E-state index is 0.0595. The van der Waals surface area contributed by atoms with Crippen molar-refractivity contribution in [2.75, 3.05) is 24.2 Å². The van der Waals surface area contributed by atoms with E-state index in [-0.39, 0.29) is 24.6 Å². The topological polar surface area (TPSA) is 105 Å². The largest absolute Gasteiger partial charge is 0.452 e. The van der Waals surface area contributed by atoms with Crippen LogP contribution in [0.1, 0.15) is 15.9 Å². The average molecular weight is 439 g/mol. The Hall–Kier alpha value is -3.59. The molecule has 1 heterocycles. The summed E-state index contributed by atoms with van der Waals surface area (Å²) in [4.78, 5) is 50.3. The minimum atomic E-state index is -0.716. The SMILES string of the molecule is C=CCSc1ccccc1NC(=O)COC(=O)c1ccccc1CN1C(=O)CNC1=O. The number of thioether (sulfide) groups is 1. The Morgan fingerprint density at radius 3 is 2.65 bits per heavy atom. The molecule has 2 aromatic carbocycles. The van der Waals surface area contributed by atoms with Crippen LogP contribution in [0.3, 0.4) is 0 Å². The van der Waals surface area contributed by atoms with Crippen molar-refractivity contribution in [2.45, 2.75) is 11.4 Å². The molecule has 0 bridgehead atoms. The monoisotopic (exact) mass is 439 g/mol. The number of hydrogen-bond donors (Lipinski definition) is 2. The van der Waals surface area contributed by atoms with E-state index >= 15 is 0 Å². The van der Waals surface area contributed by atoms with Crippen molar-refractivity contribution < 1.29 is 23.9 Å². The molecule has 31 heavy (non-hydrogen) atoms. The van der Waals surface area contributed by atoms with E-state index in [1.807, 2.05) is 12.1 Å². The van der Waals surface area contributed by atoms with E-state index in [4.69, 9.17) is 4.74 Å². The van der Waals surface area contributed by atoms with Crippen molar-refractivity contribution in [3.63, 3.8) is 0 Å². The van der Waals surface area contributed by atoms with Gasteiger partial charge in [-0.05, 0) is 23.8 Å². The molecular formula is C22H21N3O5S. The molecule has 0 radical (unpaired) electrons. The molecule has 9 heteroatoms. The van der Waals surface area contributed by atoms with Crippen LogP contribution in [0.25, 0.3) is 0 Å². The number of nitrogens with zero attached hydrogens (tertiary/aromatic N) is 1. The third-order valence-corrected chi connectivity index (χ3v) is 5.42. The number of benzene rings is 2. The fraction of sp³-hybridized carbons (Fsp3) is 0.182. The molecule has 4 amide bonds.